The number of hydrogen-bond acceptors (Lipinski definition) is 3. The fourth-order valence-electron chi connectivity index (χ4n) is 2.19. The average molecular weight is 377 g/mol. The molecule has 0 spiro atoms. The van der Waals surface area contributed by atoms with E-state index in [0.717, 1.165) is 11.6 Å². The van der Waals surface area contributed by atoms with Crippen LogP contribution >= 0.6 is 0 Å². The Hall–Kier alpha value is -3.16. The highest BCUT2D eigenvalue weighted by molar-refractivity contribution is 5.83. The summed E-state index contributed by atoms with van der Waals surface area (Å²) in [5.41, 5.74) is 1.11. The van der Waals surface area contributed by atoms with E-state index in [1.807, 2.05) is 30.3 Å². The molecule has 2 aromatic rings. The molecule has 0 aliphatic carbocycles. The monoisotopic (exact) mass is 377 g/mol. The van der Waals surface area contributed by atoms with Crippen LogP contribution in [0.15, 0.2) is 48.5 Å². The lowest BCUT2D eigenvalue weighted by Crippen LogP contribution is -2.43. The molecule has 0 unspecified atom stereocenters. The molecule has 0 aliphatic rings. The first-order chi connectivity index (χ1) is 13.0. The molecule has 3 amide bonds. The molecule has 0 radical (unpaired) electrons. The molecule has 0 bridgehead atoms. The van der Waals surface area contributed by atoms with E-state index < -0.39 is 17.7 Å². The molecule has 0 aromatic heterocycles. The first-order valence-electron chi connectivity index (χ1n) is 8.45. The van der Waals surface area contributed by atoms with Gasteiger partial charge in [0.05, 0.1) is 13.1 Å². The van der Waals surface area contributed by atoms with Crippen LogP contribution in [0, 0.1) is 11.6 Å². The standard InChI is InChI=1S/C19H21F2N3O3/c20-15-6-7-17(16(21)12-15)27-11-10-23-19(26)24-13-18(25)22-9-8-14-4-2-1-3-5-14/h1-7,12H,8-11,13H2,(H,22,25)(H2,23,24,26). The lowest BCUT2D eigenvalue weighted by Gasteiger charge is -2.10. The fraction of sp³-hybridized carbons (Fsp3) is 0.263. The SMILES string of the molecule is O=C(CNC(=O)NCCOc1ccc(F)cc1F)NCCc1ccccc1. The fourth-order valence-corrected chi connectivity index (χ4v) is 2.19. The van der Waals surface area contributed by atoms with E-state index in [1.54, 1.807) is 0 Å². The summed E-state index contributed by atoms with van der Waals surface area (Å²) >= 11 is 0. The molecule has 8 heteroatoms. The van der Waals surface area contributed by atoms with Crippen LogP contribution in [0.4, 0.5) is 13.6 Å². The van der Waals surface area contributed by atoms with E-state index in [4.69, 9.17) is 4.74 Å². The van der Waals surface area contributed by atoms with E-state index in [2.05, 4.69) is 16.0 Å². The Morgan fingerprint density at radius 1 is 0.926 bits per heavy atom. The summed E-state index contributed by atoms with van der Waals surface area (Å²) in [6, 6.07) is 12.1. The lowest BCUT2D eigenvalue weighted by molar-refractivity contribution is -0.120. The zero-order valence-corrected chi connectivity index (χ0v) is 14.6. The molecule has 0 heterocycles. The molecular weight excluding hydrogens is 356 g/mol. The normalized spacial score (nSPS) is 10.1. The third-order valence-electron chi connectivity index (χ3n) is 3.53. The summed E-state index contributed by atoms with van der Waals surface area (Å²) in [4.78, 5) is 23.3. The van der Waals surface area contributed by atoms with Crippen molar-refractivity contribution in [2.45, 2.75) is 6.42 Å². The van der Waals surface area contributed by atoms with Gasteiger partial charge >= 0.3 is 6.03 Å². The molecule has 27 heavy (non-hydrogen) atoms. The van der Waals surface area contributed by atoms with Gasteiger partial charge in [-0.25, -0.2) is 13.6 Å². The van der Waals surface area contributed by atoms with Crippen molar-refractivity contribution in [1.29, 1.82) is 0 Å². The zero-order valence-electron chi connectivity index (χ0n) is 14.6. The molecule has 0 saturated carbocycles. The molecule has 2 rings (SSSR count). The summed E-state index contributed by atoms with van der Waals surface area (Å²) in [6.45, 7) is 0.412. The summed E-state index contributed by atoms with van der Waals surface area (Å²) < 4.78 is 31.2. The third kappa shape index (κ3) is 7.72. The van der Waals surface area contributed by atoms with Gasteiger partial charge in [0, 0.05) is 12.6 Å². The van der Waals surface area contributed by atoms with Crippen molar-refractivity contribution in [2.24, 2.45) is 0 Å². The van der Waals surface area contributed by atoms with Gasteiger partial charge in [-0.3, -0.25) is 4.79 Å². The second-order valence-electron chi connectivity index (χ2n) is 5.62. The number of carbonyl (C=O) groups is 2. The van der Waals surface area contributed by atoms with Crippen molar-refractivity contribution in [1.82, 2.24) is 16.0 Å². The topological polar surface area (TPSA) is 79.5 Å². The molecule has 3 N–H and O–H groups in total. The lowest BCUT2D eigenvalue weighted by atomic mass is 10.1. The first-order valence-corrected chi connectivity index (χ1v) is 8.45. The second-order valence-corrected chi connectivity index (χ2v) is 5.62. The van der Waals surface area contributed by atoms with Gasteiger partial charge in [-0.05, 0) is 24.1 Å². The minimum absolute atomic E-state index is 0.000750. The average Bonchev–Trinajstić information content (AvgIpc) is 2.66. The minimum Gasteiger partial charge on any atom is -0.489 e. The number of halogens is 2. The summed E-state index contributed by atoms with van der Waals surface area (Å²) in [5.74, 6) is -1.91. The highest BCUT2D eigenvalue weighted by Crippen LogP contribution is 2.17. The second kappa shape index (κ2) is 10.7. The van der Waals surface area contributed by atoms with E-state index in [0.29, 0.717) is 19.0 Å². The number of rotatable bonds is 9. The van der Waals surface area contributed by atoms with Crippen molar-refractivity contribution < 1.29 is 23.1 Å². The van der Waals surface area contributed by atoms with Gasteiger partial charge in [-0.15, -0.1) is 0 Å². The van der Waals surface area contributed by atoms with Crippen LogP contribution in [0.2, 0.25) is 0 Å². The number of amides is 3. The summed E-state index contributed by atoms with van der Waals surface area (Å²) in [5, 5.41) is 7.58. The van der Waals surface area contributed by atoms with Gasteiger partial charge in [0.25, 0.3) is 0 Å². The highest BCUT2D eigenvalue weighted by Gasteiger charge is 2.06. The van der Waals surface area contributed by atoms with Crippen molar-refractivity contribution in [3.05, 3.63) is 65.7 Å². The van der Waals surface area contributed by atoms with Crippen LogP contribution in [0.3, 0.4) is 0 Å². The van der Waals surface area contributed by atoms with Crippen molar-refractivity contribution in [3.8, 4) is 5.75 Å². The highest BCUT2D eigenvalue weighted by atomic mass is 19.1. The quantitative estimate of drug-likeness (QED) is 0.585. The van der Waals surface area contributed by atoms with Crippen LogP contribution in [-0.4, -0.2) is 38.2 Å². The van der Waals surface area contributed by atoms with Crippen LogP contribution in [0.5, 0.6) is 5.75 Å². The van der Waals surface area contributed by atoms with E-state index in [1.165, 1.54) is 6.07 Å². The van der Waals surface area contributed by atoms with E-state index in [-0.39, 0.29) is 31.4 Å². The molecule has 0 atom stereocenters. The Morgan fingerprint density at radius 2 is 1.70 bits per heavy atom. The molecule has 144 valence electrons. The van der Waals surface area contributed by atoms with E-state index >= 15 is 0 Å². The largest absolute Gasteiger partial charge is 0.489 e. The van der Waals surface area contributed by atoms with Crippen molar-refractivity contribution >= 4 is 11.9 Å². The number of urea groups is 1. The number of hydrogen-bond donors (Lipinski definition) is 3. The Kier molecular flexibility index (Phi) is 8.02. The minimum atomic E-state index is -0.813. The molecule has 0 fully saturated rings. The Labute approximate surface area is 155 Å². The van der Waals surface area contributed by atoms with Gasteiger partial charge in [-0.2, -0.15) is 0 Å². The predicted molar refractivity (Wildman–Crippen MR) is 96.4 cm³/mol. The van der Waals surface area contributed by atoms with Crippen LogP contribution in [0.25, 0.3) is 0 Å². The van der Waals surface area contributed by atoms with Gasteiger partial charge in [0.2, 0.25) is 5.91 Å². The summed E-state index contributed by atoms with van der Waals surface area (Å²) in [6.07, 6.45) is 0.704. The molecule has 2 aromatic carbocycles. The molecule has 0 aliphatic heterocycles. The van der Waals surface area contributed by atoms with Crippen LogP contribution in [0.1, 0.15) is 5.56 Å². The van der Waals surface area contributed by atoms with Crippen LogP contribution < -0.4 is 20.7 Å². The Morgan fingerprint density at radius 3 is 2.44 bits per heavy atom. The number of carbonyl (C=O) groups excluding carboxylic acids is 2. The number of ether oxygens (including phenoxy) is 1. The van der Waals surface area contributed by atoms with E-state index in [9.17, 15) is 18.4 Å². The smallest absolute Gasteiger partial charge is 0.315 e. The Bertz CT molecular complexity index is 757. The van der Waals surface area contributed by atoms with Gasteiger partial charge < -0.3 is 20.7 Å². The predicted octanol–water partition coefficient (Wildman–Crippen LogP) is 2.00. The maximum absolute atomic E-state index is 13.3. The molecule has 6 nitrogen and oxygen atoms in total. The van der Waals surface area contributed by atoms with Gasteiger partial charge in [0.1, 0.15) is 12.4 Å². The maximum Gasteiger partial charge on any atom is 0.315 e. The van der Waals surface area contributed by atoms with Gasteiger partial charge in [0.15, 0.2) is 11.6 Å². The van der Waals surface area contributed by atoms with Gasteiger partial charge in [-0.1, -0.05) is 30.3 Å². The zero-order chi connectivity index (χ0) is 19.5. The van der Waals surface area contributed by atoms with Crippen LogP contribution in [-0.2, 0) is 11.2 Å². The summed E-state index contributed by atoms with van der Waals surface area (Å²) in [7, 11) is 0. The van der Waals surface area contributed by atoms with Crippen molar-refractivity contribution in [2.75, 3.05) is 26.2 Å². The first kappa shape index (κ1) is 20.2. The molecule has 0 saturated heterocycles. The third-order valence-corrected chi connectivity index (χ3v) is 3.53. The maximum atomic E-state index is 13.3. The number of nitrogens with one attached hydrogen (secondary N) is 3. The number of benzene rings is 2. The molecular formula is C19H21F2N3O3. The Balaban J connectivity index is 1.54. The van der Waals surface area contributed by atoms with Crippen molar-refractivity contribution in [3.63, 3.8) is 0 Å².